The lowest BCUT2D eigenvalue weighted by Crippen LogP contribution is -2.42. The zero-order valence-electron chi connectivity index (χ0n) is 15.3. The number of aryl methyl sites for hydroxylation is 3. The highest BCUT2D eigenvalue weighted by Crippen LogP contribution is 2.37. The van der Waals surface area contributed by atoms with Gasteiger partial charge in [-0.15, -0.1) is 5.10 Å². The molecule has 5 heteroatoms. The molecule has 5 nitrogen and oxygen atoms in total. The predicted molar refractivity (Wildman–Crippen MR) is 97.7 cm³/mol. The van der Waals surface area contributed by atoms with Gasteiger partial charge in [-0.2, -0.15) is 0 Å². The van der Waals surface area contributed by atoms with Gasteiger partial charge in [0.15, 0.2) is 0 Å². The van der Waals surface area contributed by atoms with Crippen molar-refractivity contribution in [1.29, 1.82) is 0 Å². The summed E-state index contributed by atoms with van der Waals surface area (Å²) in [6.07, 6.45) is 4.60. The summed E-state index contributed by atoms with van der Waals surface area (Å²) >= 11 is 0. The van der Waals surface area contributed by atoms with Crippen molar-refractivity contribution in [2.75, 3.05) is 11.4 Å². The summed E-state index contributed by atoms with van der Waals surface area (Å²) in [5.74, 6) is 0.736. The number of aromatic nitrogens is 3. The van der Waals surface area contributed by atoms with E-state index in [1.54, 1.807) is 0 Å². The Hall–Kier alpha value is -2.17. The van der Waals surface area contributed by atoms with Gasteiger partial charge in [0.25, 0.3) is 0 Å². The van der Waals surface area contributed by atoms with Crippen LogP contribution in [-0.4, -0.2) is 27.4 Å². The number of hydrogen-bond donors (Lipinski definition) is 0. The fourth-order valence-corrected chi connectivity index (χ4v) is 4.31. The van der Waals surface area contributed by atoms with E-state index in [0.717, 1.165) is 50.0 Å². The van der Waals surface area contributed by atoms with Crippen LogP contribution in [0.5, 0.6) is 0 Å². The van der Waals surface area contributed by atoms with Gasteiger partial charge < -0.3 is 4.90 Å². The molecule has 0 radical (unpaired) electrons. The second kappa shape index (κ2) is 6.28. The molecule has 132 valence electrons. The molecule has 1 aromatic carbocycles. The number of nitrogens with zero attached hydrogens (tertiary/aromatic N) is 4. The summed E-state index contributed by atoms with van der Waals surface area (Å²) in [7, 11) is 1.92. The van der Waals surface area contributed by atoms with Gasteiger partial charge in [0.2, 0.25) is 5.91 Å². The summed E-state index contributed by atoms with van der Waals surface area (Å²) < 4.78 is 1.83. The number of anilines is 1. The van der Waals surface area contributed by atoms with Crippen LogP contribution >= 0.6 is 0 Å². The van der Waals surface area contributed by atoms with E-state index in [-0.39, 0.29) is 11.8 Å². The third kappa shape index (κ3) is 2.75. The lowest BCUT2D eigenvalue weighted by atomic mass is 9.86. The van der Waals surface area contributed by atoms with Crippen LogP contribution < -0.4 is 4.90 Å². The summed E-state index contributed by atoms with van der Waals surface area (Å²) in [5, 5.41) is 8.34. The molecule has 1 atom stereocenters. The largest absolute Gasteiger partial charge is 0.312 e. The van der Waals surface area contributed by atoms with E-state index in [0.29, 0.717) is 5.92 Å². The minimum absolute atomic E-state index is 0.0378. The molecule has 2 heterocycles. The summed E-state index contributed by atoms with van der Waals surface area (Å²) in [4.78, 5) is 15.5. The molecule has 1 aliphatic heterocycles. The predicted octanol–water partition coefficient (Wildman–Crippen LogP) is 3.02. The molecule has 25 heavy (non-hydrogen) atoms. The van der Waals surface area contributed by atoms with Crippen molar-refractivity contribution in [3.05, 3.63) is 40.7 Å². The Balaban J connectivity index is 1.66. The minimum atomic E-state index is 0.0378. The lowest BCUT2D eigenvalue weighted by Gasteiger charge is -2.35. The quantitative estimate of drug-likeness (QED) is 0.846. The summed E-state index contributed by atoms with van der Waals surface area (Å²) in [6.45, 7) is 5.25. The topological polar surface area (TPSA) is 51.0 Å². The molecule has 2 aliphatic rings. The molecule has 1 unspecified atom stereocenters. The first-order chi connectivity index (χ1) is 12.1. The Morgan fingerprint density at radius 2 is 2.12 bits per heavy atom. The highest BCUT2D eigenvalue weighted by atomic mass is 16.2. The van der Waals surface area contributed by atoms with Crippen LogP contribution in [0.4, 0.5) is 5.69 Å². The smallest absolute Gasteiger partial charge is 0.230 e. The number of carbonyl (C=O) groups is 1. The van der Waals surface area contributed by atoms with E-state index in [9.17, 15) is 4.79 Å². The standard InChI is InChI=1S/C20H26N4O/c1-13(2)16-8-4-6-14-7-5-11-24(19(14)16)20(25)15-9-10-17-18(12-15)23(3)22-21-17/h4,6,8,13,15H,5,7,9-12H2,1-3H3. The van der Waals surface area contributed by atoms with Crippen molar-refractivity contribution < 1.29 is 4.79 Å². The normalized spacial score (nSPS) is 19.7. The van der Waals surface area contributed by atoms with E-state index in [1.807, 2.05) is 11.7 Å². The molecule has 1 aliphatic carbocycles. The van der Waals surface area contributed by atoms with E-state index in [2.05, 4.69) is 47.3 Å². The number of para-hydroxylation sites is 1. The first kappa shape index (κ1) is 16.3. The van der Waals surface area contributed by atoms with Crippen LogP contribution in [0.15, 0.2) is 18.2 Å². The molecular formula is C20H26N4O. The Kier molecular flexibility index (Phi) is 4.10. The number of amides is 1. The van der Waals surface area contributed by atoms with Crippen molar-refractivity contribution in [2.45, 2.75) is 51.9 Å². The maximum Gasteiger partial charge on any atom is 0.230 e. The van der Waals surface area contributed by atoms with Crippen LogP contribution in [0, 0.1) is 5.92 Å². The highest BCUT2D eigenvalue weighted by molar-refractivity contribution is 5.97. The van der Waals surface area contributed by atoms with Crippen LogP contribution in [0.2, 0.25) is 0 Å². The monoisotopic (exact) mass is 338 g/mol. The zero-order chi connectivity index (χ0) is 17.6. The van der Waals surface area contributed by atoms with E-state index < -0.39 is 0 Å². The molecule has 0 bridgehead atoms. The zero-order valence-corrected chi connectivity index (χ0v) is 15.3. The molecule has 0 N–H and O–H groups in total. The number of carbonyl (C=O) groups excluding carboxylic acids is 1. The van der Waals surface area contributed by atoms with Crippen LogP contribution in [0.25, 0.3) is 0 Å². The van der Waals surface area contributed by atoms with Crippen LogP contribution in [0.3, 0.4) is 0 Å². The second-order valence-corrected chi connectivity index (χ2v) is 7.65. The Bertz CT molecular complexity index is 808. The maximum atomic E-state index is 13.4. The summed E-state index contributed by atoms with van der Waals surface area (Å²) in [6, 6.07) is 6.50. The minimum Gasteiger partial charge on any atom is -0.312 e. The van der Waals surface area contributed by atoms with Gasteiger partial charge in [0, 0.05) is 25.9 Å². The van der Waals surface area contributed by atoms with E-state index in [4.69, 9.17) is 0 Å². The molecule has 1 aromatic heterocycles. The maximum absolute atomic E-state index is 13.4. The highest BCUT2D eigenvalue weighted by Gasteiger charge is 2.34. The number of hydrogen-bond acceptors (Lipinski definition) is 3. The van der Waals surface area contributed by atoms with Gasteiger partial charge in [-0.25, -0.2) is 0 Å². The SMILES string of the molecule is CC(C)c1cccc2c1N(C(=O)C1CCc3nnn(C)c3C1)CCC2. The third-order valence-electron chi connectivity index (χ3n) is 5.68. The lowest BCUT2D eigenvalue weighted by molar-refractivity contribution is -0.122. The first-order valence-corrected chi connectivity index (χ1v) is 9.37. The van der Waals surface area contributed by atoms with Gasteiger partial charge in [0.1, 0.15) is 0 Å². The Labute approximate surface area is 149 Å². The van der Waals surface area contributed by atoms with Gasteiger partial charge in [-0.05, 0) is 42.7 Å². The number of benzene rings is 1. The van der Waals surface area contributed by atoms with Gasteiger partial charge in [0.05, 0.1) is 17.1 Å². The molecule has 0 spiro atoms. The molecule has 2 aromatic rings. The van der Waals surface area contributed by atoms with E-state index >= 15 is 0 Å². The number of rotatable bonds is 2. The van der Waals surface area contributed by atoms with Crippen molar-refractivity contribution in [3.63, 3.8) is 0 Å². The first-order valence-electron chi connectivity index (χ1n) is 9.37. The van der Waals surface area contributed by atoms with Gasteiger partial charge in [-0.1, -0.05) is 37.3 Å². The fourth-order valence-electron chi connectivity index (χ4n) is 4.31. The van der Waals surface area contributed by atoms with Crippen molar-refractivity contribution >= 4 is 11.6 Å². The molecule has 4 rings (SSSR count). The van der Waals surface area contributed by atoms with E-state index in [1.165, 1.54) is 16.8 Å². The molecule has 0 saturated carbocycles. The average molecular weight is 338 g/mol. The fraction of sp³-hybridized carbons (Fsp3) is 0.550. The van der Waals surface area contributed by atoms with Crippen molar-refractivity contribution in [2.24, 2.45) is 13.0 Å². The molecular weight excluding hydrogens is 312 g/mol. The van der Waals surface area contributed by atoms with Gasteiger partial charge in [-0.3, -0.25) is 9.48 Å². The van der Waals surface area contributed by atoms with Gasteiger partial charge >= 0.3 is 0 Å². The third-order valence-corrected chi connectivity index (χ3v) is 5.68. The number of fused-ring (bicyclic) bond motifs is 2. The molecule has 0 fully saturated rings. The second-order valence-electron chi connectivity index (χ2n) is 7.65. The van der Waals surface area contributed by atoms with Crippen LogP contribution in [-0.2, 0) is 31.1 Å². The van der Waals surface area contributed by atoms with Crippen molar-refractivity contribution in [1.82, 2.24) is 15.0 Å². The summed E-state index contributed by atoms with van der Waals surface area (Å²) in [5.41, 5.74) is 5.99. The Morgan fingerprint density at radius 1 is 1.28 bits per heavy atom. The average Bonchev–Trinajstić information content (AvgIpc) is 3.00. The van der Waals surface area contributed by atoms with Crippen molar-refractivity contribution in [3.8, 4) is 0 Å². The molecule has 0 saturated heterocycles. The molecule has 1 amide bonds. The Morgan fingerprint density at radius 3 is 2.92 bits per heavy atom. The van der Waals surface area contributed by atoms with Crippen LogP contribution in [0.1, 0.15) is 55.1 Å².